The van der Waals surface area contributed by atoms with Crippen LogP contribution < -0.4 is 4.74 Å². The molecular weight excluding hydrogens is 298 g/mol. The summed E-state index contributed by atoms with van der Waals surface area (Å²) < 4.78 is 5.28. The molecule has 0 spiro atoms. The maximum Gasteiger partial charge on any atom is 0.271 e. The molecule has 0 aliphatic carbocycles. The topological polar surface area (TPSA) is 117 Å². The highest BCUT2D eigenvalue weighted by molar-refractivity contribution is 5.97. The Kier molecular flexibility index (Phi) is 4.66. The number of hydrogen-bond donors (Lipinski definition) is 0. The first-order chi connectivity index (χ1) is 11.0. The van der Waals surface area contributed by atoms with Gasteiger partial charge in [-0.1, -0.05) is 0 Å². The SMILES string of the molecule is N#Cc1ccc(C(=O)COc2ccc([N+](=O)[O-])cc2C#N)cc1. The van der Waals surface area contributed by atoms with Crippen LogP contribution in [0.3, 0.4) is 0 Å². The second-order valence-electron chi connectivity index (χ2n) is 4.45. The number of carbonyl (C=O) groups is 1. The Morgan fingerprint density at radius 2 is 1.83 bits per heavy atom. The lowest BCUT2D eigenvalue weighted by atomic mass is 10.1. The zero-order valence-electron chi connectivity index (χ0n) is 11.7. The highest BCUT2D eigenvalue weighted by Gasteiger charge is 2.13. The van der Waals surface area contributed by atoms with E-state index in [-0.39, 0.29) is 29.4 Å². The van der Waals surface area contributed by atoms with Crippen LogP contribution >= 0.6 is 0 Å². The molecule has 0 atom stereocenters. The van der Waals surface area contributed by atoms with Crippen LogP contribution in [0.25, 0.3) is 0 Å². The van der Waals surface area contributed by atoms with E-state index >= 15 is 0 Å². The third-order valence-corrected chi connectivity index (χ3v) is 2.99. The number of carbonyl (C=O) groups excluding carboxylic acids is 1. The van der Waals surface area contributed by atoms with Gasteiger partial charge in [0, 0.05) is 17.7 Å². The lowest BCUT2D eigenvalue weighted by molar-refractivity contribution is -0.384. The summed E-state index contributed by atoms with van der Waals surface area (Å²) in [4.78, 5) is 22.0. The molecule has 7 nitrogen and oxygen atoms in total. The highest BCUT2D eigenvalue weighted by atomic mass is 16.6. The summed E-state index contributed by atoms with van der Waals surface area (Å²) in [5, 5.41) is 28.4. The number of ether oxygens (including phenoxy) is 1. The first-order valence-electron chi connectivity index (χ1n) is 6.40. The minimum Gasteiger partial charge on any atom is -0.484 e. The van der Waals surface area contributed by atoms with E-state index in [0.29, 0.717) is 11.1 Å². The largest absolute Gasteiger partial charge is 0.484 e. The van der Waals surface area contributed by atoms with Crippen molar-refractivity contribution in [3.63, 3.8) is 0 Å². The van der Waals surface area contributed by atoms with Gasteiger partial charge in [-0.2, -0.15) is 10.5 Å². The molecule has 0 saturated carbocycles. The lowest BCUT2D eigenvalue weighted by Crippen LogP contribution is -2.12. The van der Waals surface area contributed by atoms with Gasteiger partial charge < -0.3 is 4.74 Å². The van der Waals surface area contributed by atoms with Crippen molar-refractivity contribution in [2.24, 2.45) is 0 Å². The monoisotopic (exact) mass is 307 g/mol. The third kappa shape index (κ3) is 3.69. The van der Waals surface area contributed by atoms with Gasteiger partial charge in [0.2, 0.25) is 0 Å². The quantitative estimate of drug-likeness (QED) is 0.476. The summed E-state index contributed by atoms with van der Waals surface area (Å²) in [5.74, 6) is -0.239. The molecule has 7 heteroatoms. The van der Waals surface area contributed by atoms with Crippen molar-refractivity contribution < 1.29 is 14.5 Å². The fraction of sp³-hybridized carbons (Fsp3) is 0.0625. The normalized spacial score (nSPS) is 9.48. The zero-order chi connectivity index (χ0) is 16.8. The second kappa shape index (κ2) is 6.83. The first-order valence-corrected chi connectivity index (χ1v) is 6.40. The molecule has 0 heterocycles. The minimum absolute atomic E-state index is 0.0215. The molecular formula is C16H9N3O4. The van der Waals surface area contributed by atoms with E-state index in [9.17, 15) is 14.9 Å². The Balaban J connectivity index is 2.11. The Labute approximate surface area is 131 Å². The fourth-order valence-electron chi connectivity index (χ4n) is 1.80. The molecule has 112 valence electrons. The van der Waals surface area contributed by atoms with E-state index in [1.54, 1.807) is 6.07 Å². The predicted molar refractivity (Wildman–Crippen MR) is 78.8 cm³/mol. The summed E-state index contributed by atoms with van der Waals surface area (Å²) in [6.07, 6.45) is 0. The molecule has 0 unspecified atom stereocenters. The fourth-order valence-corrected chi connectivity index (χ4v) is 1.80. The van der Waals surface area contributed by atoms with E-state index in [2.05, 4.69) is 0 Å². The number of benzene rings is 2. The number of nitro benzene ring substituents is 1. The molecule has 0 radical (unpaired) electrons. The molecule has 0 aromatic heterocycles. The number of nitrogens with zero attached hydrogens (tertiary/aromatic N) is 3. The van der Waals surface area contributed by atoms with Crippen molar-refractivity contribution in [2.75, 3.05) is 6.61 Å². The van der Waals surface area contributed by atoms with Crippen LogP contribution in [0.2, 0.25) is 0 Å². The van der Waals surface area contributed by atoms with Crippen LogP contribution in [-0.4, -0.2) is 17.3 Å². The number of non-ortho nitro benzene ring substituents is 1. The first kappa shape index (κ1) is 15.7. The number of nitro groups is 1. The summed E-state index contributed by atoms with van der Waals surface area (Å²) in [6, 6.07) is 13.3. The van der Waals surface area contributed by atoms with Gasteiger partial charge in [-0.15, -0.1) is 0 Å². The zero-order valence-corrected chi connectivity index (χ0v) is 11.7. The molecule has 2 aromatic carbocycles. The van der Waals surface area contributed by atoms with Crippen molar-refractivity contribution in [1.29, 1.82) is 10.5 Å². The van der Waals surface area contributed by atoms with Gasteiger partial charge in [0.15, 0.2) is 12.4 Å². The number of nitriles is 2. The number of hydrogen-bond acceptors (Lipinski definition) is 6. The van der Waals surface area contributed by atoms with Crippen molar-refractivity contribution in [3.05, 3.63) is 69.3 Å². The maximum atomic E-state index is 12.0. The van der Waals surface area contributed by atoms with E-state index in [0.717, 1.165) is 6.07 Å². The smallest absolute Gasteiger partial charge is 0.271 e. The number of Topliss-reactive ketones (excluding diaryl/α,β-unsaturated/α-hetero) is 1. The third-order valence-electron chi connectivity index (χ3n) is 2.99. The average molecular weight is 307 g/mol. The number of ketones is 1. The summed E-state index contributed by atoms with van der Waals surface area (Å²) in [5.41, 5.74) is 0.549. The molecule has 0 aliphatic rings. The van der Waals surface area contributed by atoms with Crippen molar-refractivity contribution in [2.45, 2.75) is 0 Å². The molecule has 0 aliphatic heterocycles. The molecule has 0 N–H and O–H groups in total. The summed E-state index contributed by atoms with van der Waals surface area (Å²) in [6.45, 7) is -0.321. The standard InChI is InChI=1S/C16H9N3O4/c17-8-11-1-3-12(4-2-11)15(20)10-23-16-6-5-14(19(21)22)7-13(16)9-18/h1-7H,10H2. The summed E-state index contributed by atoms with van der Waals surface area (Å²) >= 11 is 0. The molecule has 2 aromatic rings. The van der Waals surface area contributed by atoms with E-state index < -0.39 is 4.92 Å². The Hall–Kier alpha value is -3.71. The van der Waals surface area contributed by atoms with Gasteiger partial charge in [-0.25, -0.2) is 0 Å². The van der Waals surface area contributed by atoms with Crippen molar-refractivity contribution >= 4 is 11.5 Å². The molecule has 0 bridgehead atoms. The van der Waals surface area contributed by atoms with Crippen LogP contribution in [0.15, 0.2) is 42.5 Å². The minimum atomic E-state index is -0.619. The van der Waals surface area contributed by atoms with E-state index in [1.165, 1.54) is 36.4 Å². The predicted octanol–water partition coefficient (Wildman–Crippen LogP) is 2.60. The maximum absolute atomic E-state index is 12.0. The van der Waals surface area contributed by atoms with Crippen LogP contribution in [0.5, 0.6) is 5.75 Å². The van der Waals surface area contributed by atoms with Crippen molar-refractivity contribution in [3.8, 4) is 17.9 Å². The number of rotatable bonds is 5. The van der Waals surface area contributed by atoms with E-state index in [4.69, 9.17) is 15.3 Å². The Morgan fingerprint density at radius 1 is 1.13 bits per heavy atom. The molecule has 2 rings (SSSR count). The van der Waals surface area contributed by atoms with Gasteiger partial charge in [-0.3, -0.25) is 14.9 Å². The highest BCUT2D eigenvalue weighted by Crippen LogP contribution is 2.23. The van der Waals surface area contributed by atoms with Gasteiger partial charge in [0.05, 0.1) is 16.6 Å². The molecule has 0 saturated heterocycles. The van der Waals surface area contributed by atoms with Crippen LogP contribution in [0.1, 0.15) is 21.5 Å². The van der Waals surface area contributed by atoms with E-state index in [1.807, 2.05) is 6.07 Å². The lowest BCUT2D eigenvalue weighted by Gasteiger charge is -2.07. The molecule has 0 fully saturated rings. The van der Waals surface area contributed by atoms with Gasteiger partial charge >= 0.3 is 0 Å². The van der Waals surface area contributed by atoms with Gasteiger partial charge in [0.1, 0.15) is 17.4 Å². The Bertz CT molecular complexity index is 845. The molecule has 0 amide bonds. The average Bonchev–Trinajstić information content (AvgIpc) is 2.59. The Morgan fingerprint density at radius 3 is 2.39 bits per heavy atom. The summed E-state index contributed by atoms with van der Waals surface area (Å²) in [7, 11) is 0. The van der Waals surface area contributed by atoms with Crippen LogP contribution in [0.4, 0.5) is 5.69 Å². The van der Waals surface area contributed by atoms with Gasteiger partial charge in [0.25, 0.3) is 5.69 Å². The van der Waals surface area contributed by atoms with Crippen molar-refractivity contribution in [1.82, 2.24) is 0 Å². The molecule has 23 heavy (non-hydrogen) atoms. The second-order valence-corrected chi connectivity index (χ2v) is 4.45. The van der Waals surface area contributed by atoms with Crippen LogP contribution in [-0.2, 0) is 0 Å². The van der Waals surface area contributed by atoms with Gasteiger partial charge in [-0.05, 0) is 30.3 Å². The van der Waals surface area contributed by atoms with Crippen LogP contribution in [0, 0.1) is 32.8 Å².